The third-order valence-electron chi connectivity index (χ3n) is 2.33. The number of hydrogen-bond acceptors (Lipinski definition) is 2. The highest BCUT2D eigenvalue weighted by molar-refractivity contribution is 7.28. The fourth-order valence-corrected chi connectivity index (χ4v) is 4.76. The highest BCUT2D eigenvalue weighted by atomic mass is 32.1. The van der Waals surface area contributed by atoms with Crippen molar-refractivity contribution >= 4 is 48.2 Å². The van der Waals surface area contributed by atoms with Crippen molar-refractivity contribution in [2.75, 3.05) is 0 Å². The molecule has 0 fully saturated rings. The summed E-state index contributed by atoms with van der Waals surface area (Å²) in [6.07, 6.45) is 0. The van der Waals surface area contributed by atoms with Gasteiger partial charge >= 0.3 is 0 Å². The summed E-state index contributed by atoms with van der Waals surface area (Å²) >= 11 is 3.59. The molecule has 0 N–H and O–H groups in total. The molecule has 0 saturated heterocycles. The van der Waals surface area contributed by atoms with E-state index in [1.807, 2.05) is 0 Å². The van der Waals surface area contributed by atoms with Gasteiger partial charge in [-0.2, -0.15) is 0 Å². The van der Waals surface area contributed by atoms with E-state index in [1.54, 1.807) is 22.7 Å². The Labute approximate surface area is 132 Å². The topological polar surface area (TPSA) is 0 Å². The molecule has 2 heterocycles. The van der Waals surface area contributed by atoms with Crippen molar-refractivity contribution in [1.29, 1.82) is 0 Å². The first-order chi connectivity index (χ1) is 9.12. The summed E-state index contributed by atoms with van der Waals surface area (Å²) < 4.78 is 2.66. The van der Waals surface area contributed by atoms with Crippen molar-refractivity contribution in [3.63, 3.8) is 0 Å². The number of fused-ring (bicyclic) bond motifs is 1. The Morgan fingerprint density at radius 1 is 0.700 bits per heavy atom. The molecule has 104 valence electrons. The normalized spacial score (nSPS) is 11.7. The summed E-state index contributed by atoms with van der Waals surface area (Å²) in [4.78, 5) is 2.39. The molecule has 20 heavy (non-hydrogen) atoms. The molecular weight excluding hydrogens is 312 g/mol. The van der Waals surface area contributed by atoms with Crippen molar-refractivity contribution in [3.8, 4) is 22.9 Å². The van der Waals surface area contributed by atoms with E-state index in [4.69, 9.17) is 0 Å². The Bertz CT molecular complexity index is 651. The monoisotopic (exact) mass is 332 g/mol. The van der Waals surface area contributed by atoms with Gasteiger partial charge in [0, 0.05) is 9.40 Å². The smallest absolute Gasteiger partial charge is 0.126 e. The van der Waals surface area contributed by atoms with Gasteiger partial charge in [-0.25, -0.2) is 0 Å². The highest BCUT2D eigenvalue weighted by Crippen LogP contribution is 2.32. The fourth-order valence-electron chi connectivity index (χ4n) is 1.46. The summed E-state index contributed by atoms with van der Waals surface area (Å²) in [6.45, 7) is 13.7. The third kappa shape index (κ3) is 4.64. The van der Waals surface area contributed by atoms with Gasteiger partial charge in [-0.05, 0) is 12.1 Å². The molecular formula is C16H20S2Si2. The first kappa shape index (κ1) is 15.6. The van der Waals surface area contributed by atoms with Gasteiger partial charge in [-0.1, -0.05) is 51.1 Å². The lowest BCUT2D eigenvalue weighted by Crippen LogP contribution is -2.16. The van der Waals surface area contributed by atoms with E-state index in [2.05, 4.69) is 74.3 Å². The minimum absolute atomic E-state index is 1.19. The van der Waals surface area contributed by atoms with Gasteiger partial charge in [0.1, 0.15) is 16.1 Å². The van der Waals surface area contributed by atoms with Crippen molar-refractivity contribution in [2.45, 2.75) is 39.3 Å². The zero-order chi connectivity index (χ0) is 15.0. The van der Waals surface area contributed by atoms with E-state index in [0.717, 1.165) is 0 Å². The minimum atomic E-state index is -1.28. The molecule has 0 saturated carbocycles. The average molecular weight is 333 g/mol. The maximum Gasteiger partial charge on any atom is 0.129 e. The second kappa shape index (κ2) is 5.54. The maximum atomic E-state index is 3.43. The van der Waals surface area contributed by atoms with E-state index in [0.29, 0.717) is 0 Å². The van der Waals surface area contributed by atoms with Crippen LogP contribution in [0.5, 0.6) is 0 Å². The molecule has 0 aromatic carbocycles. The highest BCUT2D eigenvalue weighted by Gasteiger charge is 2.10. The van der Waals surface area contributed by atoms with Crippen molar-refractivity contribution in [1.82, 2.24) is 0 Å². The zero-order valence-electron chi connectivity index (χ0n) is 13.0. The van der Waals surface area contributed by atoms with Gasteiger partial charge in [0.15, 0.2) is 0 Å². The summed E-state index contributed by atoms with van der Waals surface area (Å²) in [5.41, 5.74) is 6.86. The van der Waals surface area contributed by atoms with Crippen LogP contribution in [-0.2, 0) is 0 Å². The second-order valence-corrected chi connectivity index (χ2v) is 18.6. The summed E-state index contributed by atoms with van der Waals surface area (Å²) in [5.74, 6) is 6.69. The predicted octanol–water partition coefficient (Wildman–Crippen LogP) is 5.42. The molecule has 0 nitrogen and oxygen atoms in total. The first-order valence-electron chi connectivity index (χ1n) is 6.72. The van der Waals surface area contributed by atoms with Gasteiger partial charge < -0.3 is 0 Å². The molecule has 2 aromatic heterocycles. The molecule has 0 aliphatic carbocycles. The average Bonchev–Trinajstić information content (AvgIpc) is 2.78. The summed E-state index contributed by atoms with van der Waals surface area (Å²) in [7, 11) is -2.56. The number of thiophene rings is 2. The second-order valence-electron chi connectivity index (χ2n) is 6.95. The Morgan fingerprint density at radius 3 is 1.35 bits per heavy atom. The van der Waals surface area contributed by atoms with Crippen LogP contribution in [0.2, 0.25) is 39.3 Å². The third-order valence-corrected chi connectivity index (χ3v) is 6.20. The minimum Gasteiger partial charge on any atom is -0.126 e. The number of hydrogen-bond donors (Lipinski definition) is 0. The van der Waals surface area contributed by atoms with Gasteiger partial charge in [-0.3, -0.25) is 0 Å². The lowest BCUT2D eigenvalue weighted by molar-refractivity contribution is 1.81. The summed E-state index contributed by atoms with van der Waals surface area (Å²) in [6, 6.07) is 4.44. The van der Waals surface area contributed by atoms with Gasteiger partial charge in [0.25, 0.3) is 0 Å². The van der Waals surface area contributed by atoms with Crippen molar-refractivity contribution < 1.29 is 0 Å². The van der Waals surface area contributed by atoms with Crippen LogP contribution < -0.4 is 0 Å². The lowest BCUT2D eigenvalue weighted by Gasteiger charge is -2.02. The van der Waals surface area contributed by atoms with Crippen LogP contribution in [0.3, 0.4) is 0 Å². The molecule has 2 rings (SSSR count). The van der Waals surface area contributed by atoms with E-state index >= 15 is 0 Å². The molecule has 0 spiro atoms. The van der Waals surface area contributed by atoms with Gasteiger partial charge in [0.2, 0.25) is 0 Å². The van der Waals surface area contributed by atoms with Crippen LogP contribution in [0, 0.1) is 22.9 Å². The molecule has 4 heteroatoms. The maximum absolute atomic E-state index is 3.43. The molecule has 0 bridgehead atoms. The zero-order valence-corrected chi connectivity index (χ0v) is 16.6. The van der Waals surface area contributed by atoms with E-state index in [1.165, 1.54) is 19.2 Å². The van der Waals surface area contributed by atoms with Crippen LogP contribution in [0.25, 0.3) is 9.40 Å². The molecule has 0 amide bonds. The molecule has 0 aliphatic rings. The Balaban J connectivity index is 2.28. The standard InChI is InChI=1S/C16H20S2Si2/c1-19(2,3)9-7-13-11-15-16(17-13)12-14(18-15)8-10-20(4,5)6/h11-12H,1-6H3. The predicted molar refractivity (Wildman–Crippen MR) is 100 cm³/mol. The first-order valence-corrected chi connectivity index (χ1v) is 15.4. The van der Waals surface area contributed by atoms with Crippen LogP contribution in [0.4, 0.5) is 0 Å². The Hall–Kier alpha value is -0.786. The quantitative estimate of drug-likeness (QED) is 0.446. The molecule has 0 unspecified atom stereocenters. The molecule has 0 aliphatic heterocycles. The Morgan fingerprint density at radius 2 is 1.05 bits per heavy atom. The van der Waals surface area contributed by atoms with Gasteiger partial charge in [0.05, 0.1) is 9.75 Å². The van der Waals surface area contributed by atoms with Crippen molar-refractivity contribution in [2.24, 2.45) is 0 Å². The van der Waals surface area contributed by atoms with Gasteiger partial charge in [-0.15, -0.1) is 33.8 Å². The van der Waals surface area contributed by atoms with Crippen LogP contribution >= 0.6 is 22.7 Å². The largest absolute Gasteiger partial charge is 0.129 e. The molecule has 2 aromatic rings. The SMILES string of the molecule is C[Si](C)(C)C#Cc1cc2sc(C#C[Si](C)(C)C)cc2s1. The van der Waals surface area contributed by atoms with E-state index < -0.39 is 16.1 Å². The van der Waals surface area contributed by atoms with Crippen LogP contribution in [0.1, 0.15) is 9.75 Å². The molecule has 0 atom stereocenters. The summed E-state index contributed by atoms with van der Waals surface area (Å²) in [5, 5.41) is 0. The Kier molecular flexibility index (Phi) is 4.32. The molecule has 0 radical (unpaired) electrons. The van der Waals surface area contributed by atoms with Crippen LogP contribution in [-0.4, -0.2) is 16.1 Å². The number of rotatable bonds is 0. The van der Waals surface area contributed by atoms with E-state index in [-0.39, 0.29) is 0 Å². The fraction of sp³-hybridized carbons (Fsp3) is 0.375. The van der Waals surface area contributed by atoms with E-state index in [9.17, 15) is 0 Å². The van der Waals surface area contributed by atoms with Crippen molar-refractivity contribution in [3.05, 3.63) is 21.9 Å². The van der Waals surface area contributed by atoms with Crippen LogP contribution in [0.15, 0.2) is 12.1 Å². The lowest BCUT2D eigenvalue weighted by atomic mass is 10.4.